The number of aliphatic hydroxyl groups excluding tert-OH is 1. The summed E-state index contributed by atoms with van der Waals surface area (Å²) in [6, 6.07) is 6.90. The van der Waals surface area contributed by atoms with Crippen molar-refractivity contribution in [1.29, 1.82) is 0 Å². The molecule has 5 nitrogen and oxygen atoms in total. The number of carbonyl (C=O) groups excluding carboxylic acids is 1. The average molecular weight is 328 g/mol. The van der Waals surface area contributed by atoms with Gasteiger partial charge in [-0.05, 0) is 36.8 Å². The number of urea groups is 1. The number of rotatable bonds is 5. The minimum absolute atomic E-state index is 0.0314. The van der Waals surface area contributed by atoms with Crippen LogP contribution in [-0.2, 0) is 6.18 Å². The second kappa shape index (κ2) is 7.19. The highest BCUT2D eigenvalue weighted by Gasteiger charge is 2.30. The summed E-state index contributed by atoms with van der Waals surface area (Å²) in [6.07, 6.45) is -3.70. The van der Waals surface area contributed by atoms with Crippen molar-refractivity contribution in [3.8, 4) is 0 Å². The first-order valence-corrected chi connectivity index (χ1v) is 6.80. The van der Waals surface area contributed by atoms with Crippen LogP contribution in [0.3, 0.4) is 0 Å². The summed E-state index contributed by atoms with van der Waals surface area (Å²) in [7, 11) is 0. The van der Waals surface area contributed by atoms with Gasteiger partial charge in [0, 0.05) is 12.2 Å². The van der Waals surface area contributed by atoms with Crippen molar-refractivity contribution in [3.05, 3.63) is 54.0 Å². The van der Waals surface area contributed by atoms with E-state index in [1.54, 1.807) is 12.1 Å². The van der Waals surface area contributed by atoms with Gasteiger partial charge in [0.15, 0.2) is 0 Å². The number of benzene rings is 1. The van der Waals surface area contributed by atoms with Crippen LogP contribution < -0.4 is 10.6 Å². The number of anilines is 1. The molecule has 0 spiro atoms. The molecule has 1 aromatic carbocycles. The zero-order valence-corrected chi connectivity index (χ0v) is 11.9. The fraction of sp³-hybridized carbons (Fsp3) is 0.267. The average Bonchev–Trinajstić information content (AvgIpc) is 3.00. The number of halogens is 3. The molecule has 0 aliphatic rings. The zero-order valence-electron chi connectivity index (χ0n) is 11.9. The Bertz CT molecular complexity index is 642. The van der Waals surface area contributed by atoms with Gasteiger partial charge in [0.05, 0.1) is 11.8 Å². The summed E-state index contributed by atoms with van der Waals surface area (Å²) in [5.74, 6) is 0.380. The van der Waals surface area contributed by atoms with Gasteiger partial charge in [-0.3, -0.25) is 0 Å². The number of carbonyl (C=O) groups is 1. The molecule has 0 fully saturated rings. The van der Waals surface area contributed by atoms with Crippen molar-refractivity contribution in [2.75, 3.05) is 11.9 Å². The first-order chi connectivity index (χ1) is 10.9. The van der Waals surface area contributed by atoms with Crippen molar-refractivity contribution in [1.82, 2.24) is 5.32 Å². The fourth-order valence-corrected chi connectivity index (χ4v) is 1.89. The molecule has 0 aliphatic heterocycles. The molecular weight excluding hydrogens is 313 g/mol. The van der Waals surface area contributed by atoms with Crippen molar-refractivity contribution in [2.45, 2.75) is 18.7 Å². The molecule has 1 atom stereocenters. The number of aliphatic hydroxyl groups is 1. The number of nitrogens with one attached hydrogen (secondary N) is 2. The van der Waals surface area contributed by atoms with Crippen molar-refractivity contribution < 1.29 is 27.5 Å². The van der Waals surface area contributed by atoms with Gasteiger partial charge >= 0.3 is 12.2 Å². The Morgan fingerprint density at radius 3 is 2.70 bits per heavy atom. The molecule has 8 heteroatoms. The van der Waals surface area contributed by atoms with E-state index < -0.39 is 23.9 Å². The maximum absolute atomic E-state index is 12.6. The molecule has 1 unspecified atom stereocenters. The summed E-state index contributed by atoms with van der Waals surface area (Å²) < 4.78 is 42.7. The van der Waals surface area contributed by atoms with Gasteiger partial charge in [0.1, 0.15) is 11.9 Å². The highest BCUT2D eigenvalue weighted by molar-refractivity contribution is 5.89. The summed E-state index contributed by atoms with van der Waals surface area (Å²) in [4.78, 5) is 11.6. The number of amides is 2. The fourth-order valence-electron chi connectivity index (χ4n) is 1.89. The monoisotopic (exact) mass is 328 g/mol. The molecule has 0 radical (unpaired) electrons. The quantitative estimate of drug-likeness (QED) is 0.786. The lowest BCUT2D eigenvalue weighted by molar-refractivity contribution is -0.137. The van der Waals surface area contributed by atoms with Gasteiger partial charge in [0.2, 0.25) is 0 Å². The summed E-state index contributed by atoms with van der Waals surface area (Å²) in [5.41, 5.74) is -0.813. The van der Waals surface area contributed by atoms with E-state index in [0.717, 1.165) is 12.1 Å². The van der Waals surface area contributed by atoms with Crippen LogP contribution in [0.15, 0.2) is 47.1 Å². The first kappa shape index (κ1) is 16.9. The van der Waals surface area contributed by atoms with Crippen LogP contribution in [0.4, 0.5) is 23.7 Å². The van der Waals surface area contributed by atoms with Gasteiger partial charge < -0.3 is 20.2 Å². The largest absolute Gasteiger partial charge is 0.467 e. The molecular formula is C15H15F3N2O3. The lowest BCUT2D eigenvalue weighted by Gasteiger charge is -2.12. The Morgan fingerprint density at radius 1 is 1.26 bits per heavy atom. The molecule has 1 heterocycles. The molecule has 2 amide bonds. The third-order valence-electron chi connectivity index (χ3n) is 3.02. The minimum Gasteiger partial charge on any atom is -0.467 e. The molecule has 2 rings (SSSR count). The van der Waals surface area contributed by atoms with Crippen molar-refractivity contribution in [3.63, 3.8) is 0 Å². The van der Waals surface area contributed by atoms with Gasteiger partial charge in [-0.2, -0.15) is 13.2 Å². The van der Waals surface area contributed by atoms with E-state index in [-0.39, 0.29) is 18.7 Å². The van der Waals surface area contributed by atoms with Crippen LogP contribution in [0, 0.1) is 0 Å². The third kappa shape index (κ3) is 5.03. The number of hydrogen-bond donors (Lipinski definition) is 3. The predicted molar refractivity (Wildman–Crippen MR) is 76.8 cm³/mol. The molecule has 1 aromatic heterocycles. The number of alkyl halides is 3. The van der Waals surface area contributed by atoms with Crippen LogP contribution >= 0.6 is 0 Å². The Balaban J connectivity index is 1.81. The SMILES string of the molecule is O=C(NCCC(O)c1ccco1)Nc1cccc(C(F)(F)F)c1. The molecule has 124 valence electrons. The summed E-state index contributed by atoms with van der Waals surface area (Å²) in [5, 5.41) is 14.5. The summed E-state index contributed by atoms with van der Waals surface area (Å²) >= 11 is 0. The lowest BCUT2D eigenvalue weighted by atomic mass is 10.2. The van der Waals surface area contributed by atoms with E-state index in [1.807, 2.05) is 0 Å². The Labute approximate surface area is 130 Å². The van der Waals surface area contributed by atoms with Gasteiger partial charge in [-0.1, -0.05) is 6.07 Å². The zero-order chi connectivity index (χ0) is 16.9. The summed E-state index contributed by atoms with van der Waals surface area (Å²) in [6.45, 7) is 0.132. The van der Waals surface area contributed by atoms with E-state index in [1.165, 1.54) is 18.4 Å². The van der Waals surface area contributed by atoms with Gasteiger partial charge in [0.25, 0.3) is 0 Å². The normalized spacial score (nSPS) is 12.7. The second-order valence-corrected chi connectivity index (χ2v) is 4.78. The molecule has 2 aromatic rings. The van der Waals surface area contributed by atoms with E-state index in [4.69, 9.17) is 4.42 Å². The third-order valence-corrected chi connectivity index (χ3v) is 3.02. The minimum atomic E-state index is -4.47. The Hall–Kier alpha value is -2.48. The van der Waals surface area contributed by atoms with Crippen LogP contribution in [-0.4, -0.2) is 17.7 Å². The Morgan fingerprint density at radius 2 is 2.04 bits per heavy atom. The van der Waals surface area contributed by atoms with Gasteiger partial charge in [-0.25, -0.2) is 4.79 Å². The van der Waals surface area contributed by atoms with Crippen molar-refractivity contribution >= 4 is 11.7 Å². The maximum Gasteiger partial charge on any atom is 0.416 e. The number of hydrogen-bond acceptors (Lipinski definition) is 3. The maximum atomic E-state index is 12.6. The smallest absolute Gasteiger partial charge is 0.416 e. The van der Waals surface area contributed by atoms with E-state index in [0.29, 0.717) is 5.76 Å². The standard InChI is InChI=1S/C15H15F3N2O3/c16-15(17,18)10-3-1-4-11(9-10)20-14(22)19-7-6-12(21)13-5-2-8-23-13/h1-5,8-9,12,21H,6-7H2,(H2,19,20,22). The van der Waals surface area contributed by atoms with Crippen molar-refractivity contribution in [2.24, 2.45) is 0 Å². The van der Waals surface area contributed by atoms with Crippen LogP contribution in [0.1, 0.15) is 23.8 Å². The van der Waals surface area contributed by atoms with E-state index in [2.05, 4.69) is 10.6 Å². The molecule has 0 bridgehead atoms. The number of furan rings is 1. The second-order valence-electron chi connectivity index (χ2n) is 4.78. The van der Waals surface area contributed by atoms with Crippen LogP contribution in [0.5, 0.6) is 0 Å². The molecule has 3 N–H and O–H groups in total. The van der Waals surface area contributed by atoms with Gasteiger partial charge in [-0.15, -0.1) is 0 Å². The van der Waals surface area contributed by atoms with E-state index in [9.17, 15) is 23.1 Å². The Kier molecular flexibility index (Phi) is 5.28. The van der Waals surface area contributed by atoms with Crippen LogP contribution in [0.2, 0.25) is 0 Å². The molecule has 23 heavy (non-hydrogen) atoms. The molecule has 0 saturated heterocycles. The predicted octanol–water partition coefficient (Wildman–Crippen LogP) is 3.54. The molecule has 0 aliphatic carbocycles. The lowest BCUT2D eigenvalue weighted by Crippen LogP contribution is -2.30. The van der Waals surface area contributed by atoms with Crippen LogP contribution in [0.25, 0.3) is 0 Å². The van der Waals surface area contributed by atoms with E-state index >= 15 is 0 Å². The highest BCUT2D eigenvalue weighted by Crippen LogP contribution is 2.30. The topological polar surface area (TPSA) is 74.5 Å². The first-order valence-electron chi connectivity index (χ1n) is 6.80. The molecule has 0 saturated carbocycles. The highest BCUT2D eigenvalue weighted by atomic mass is 19.4.